The first-order chi connectivity index (χ1) is 11.8. The van der Waals surface area contributed by atoms with Gasteiger partial charge in [0.2, 0.25) is 0 Å². The molecule has 2 aromatic carbocycles. The molecule has 4 nitrogen and oxygen atoms in total. The molecule has 0 radical (unpaired) electrons. The van der Waals surface area contributed by atoms with Crippen LogP contribution in [0.5, 0.6) is 0 Å². The van der Waals surface area contributed by atoms with E-state index in [1.165, 1.54) is 26.1 Å². The Morgan fingerprint density at radius 1 is 1.20 bits per heavy atom. The standard InChI is InChI=1S/C17H14ClNS.CH4O3S/c18-12-6-7-16-13(8-12)15-10-19-9-14(17(15)20-16)11-4-2-1-3-5-11;1-5(2,3)4/h1-8,14,19H,9-10H2;1H3,(H,2,3,4). The lowest BCUT2D eigenvalue weighted by Gasteiger charge is -2.24. The average molecular weight is 396 g/mol. The normalized spacial score (nSPS) is 16.8. The Kier molecular flexibility index (Phi) is 5.46. The largest absolute Gasteiger partial charge is 0.312 e. The first-order valence-corrected chi connectivity index (χ1v) is 10.8. The molecule has 0 fully saturated rings. The number of halogens is 1. The highest BCUT2D eigenvalue weighted by atomic mass is 35.5. The van der Waals surface area contributed by atoms with Gasteiger partial charge in [0.1, 0.15) is 0 Å². The van der Waals surface area contributed by atoms with Crippen LogP contribution < -0.4 is 5.32 Å². The number of rotatable bonds is 1. The molecular formula is C18H18ClNO3S2. The maximum absolute atomic E-state index is 9.19. The van der Waals surface area contributed by atoms with E-state index in [2.05, 4.69) is 47.8 Å². The van der Waals surface area contributed by atoms with E-state index >= 15 is 0 Å². The Balaban J connectivity index is 0.000000324. The lowest BCUT2D eigenvalue weighted by Crippen LogP contribution is -2.27. The van der Waals surface area contributed by atoms with Gasteiger partial charge in [-0.2, -0.15) is 8.42 Å². The molecular weight excluding hydrogens is 378 g/mol. The van der Waals surface area contributed by atoms with Crippen LogP contribution in [-0.4, -0.2) is 25.8 Å². The van der Waals surface area contributed by atoms with Crippen molar-refractivity contribution in [1.82, 2.24) is 5.32 Å². The molecule has 0 saturated carbocycles. The fraction of sp³-hybridized carbons (Fsp3) is 0.222. The topological polar surface area (TPSA) is 66.4 Å². The Morgan fingerprint density at radius 2 is 1.88 bits per heavy atom. The summed E-state index contributed by atoms with van der Waals surface area (Å²) in [7, 11) is -3.67. The molecule has 0 saturated heterocycles. The summed E-state index contributed by atoms with van der Waals surface area (Å²) < 4.78 is 27.2. The number of nitrogens with one attached hydrogen (secondary N) is 1. The molecule has 1 aromatic heterocycles. The fourth-order valence-corrected chi connectivity index (χ4v) is 4.50. The van der Waals surface area contributed by atoms with E-state index in [4.69, 9.17) is 16.2 Å². The third-order valence-corrected chi connectivity index (χ3v) is 5.51. The number of fused-ring (bicyclic) bond motifs is 3. The minimum atomic E-state index is -3.67. The smallest absolute Gasteiger partial charge is 0.261 e. The van der Waals surface area contributed by atoms with E-state index < -0.39 is 10.1 Å². The van der Waals surface area contributed by atoms with Crippen molar-refractivity contribution >= 4 is 43.1 Å². The van der Waals surface area contributed by atoms with Crippen molar-refractivity contribution in [2.75, 3.05) is 12.8 Å². The van der Waals surface area contributed by atoms with E-state index in [0.717, 1.165) is 18.1 Å². The monoisotopic (exact) mass is 395 g/mol. The molecule has 3 aromatic rings. The number of thiophene rings is 1. The Morgan fingerprint density at radius 3 is 2.56 bits per heavy atom. The van der Waals surface area contributed by atoms with Crippen molar-refractivity contribution in [1.29, 1.82) is 0 Å². The van der Waals surface area contributed by atoms with Gasteiger partial charge in [0.15, 0.2) is 0 Å². The van der Waals surface area contributed by atoms with Gasteiger partial charge in [-0.1, -0.05) is 41.9 Å². The molecule has 1 atom stereocenters. The summed E-state index contributed by atoms with van der Waals surface area (Å²) in [6.07, 6.45) is 0.715. The van der Waals surface area contributed by atoms with Crippen molar-refractivity contribution in [3.63, 3.8) is 0 Å². The summed E-state index contributed by atoms with van der Waals surface area (Å²) in [5.41, 5.74) is 2.81. The van der Waals surface area contributed by atoms with Crippen LogP contribution in [-0.2, 0) is 16.7 Å². The average Bonchev–Trinajstić information content (AvgIpc) is 2.92. The SMILES string of the molecule is CS(=O)(=O)O.Clc1ccc2sc3c(c2c1)CNCC3c1ccccc1. The van der Waals surface area contributed by atoms with Gasteiger partial charge < -0.3 is 5.32 Å². The summed E-state index contributed by atoms with van der Waals surface area (Å²) in [6, 6.07) is 17.0. The lowest BCUT2D eigenvalue weighted by molar-refractivity contribution is 0.490. The number of benzene rings is 2. The van der Waals surface area contributed by atoms with E-state index in [9.17, 15) is 8.42 Å². The van der Waals surface area contributed by atoms with Gasteiger partial charge >= 0.3 is 0 Å². The van der Waals surface area contributed by atoms with Crippen LogP contribution in [0.1, 0.15) is 21.9 Å². The van der Waals surface area contributed by atoms with Gasteiger partial charge in [-0.25, -0.2) is 0 Å². The molecule has 1 unspecified atom stereocenters. The zero-order chi connectivity index (χ0) is 18.0. The van der Waals surface area contributed by atoms with Gasteiger partial charge in [-0.15, -0.1) is 11.3 Å². The van der Waals surface area contributed by atoms with Gasteiger partial charge in [0.25, 0.3) is 10.1 Å². The Hall–Kier alpha value is -1.44. The quantitative estimate of drug-likeness (QED) is 0.603. The minimum Gasteiger partial charge on any atom is -0.312 e. The summed E-state index contributed by atoms with van der Waals surface area (Å²) in [6.45, 7) is 1.95. The summed E-state index contributed by atoms with van der Waals surface area (Å²) in [4.78, 5) is 1.49. The molecule has 132 valence electrons. The molecule has 1 aliphatic rings. The first-order valence-electron chi connectivity index (χ1n) is 7.72. The highest BCUT2D eigenvalue weighted by Gasteiger charge is 2.25. The second-order valence-corrected chi connectivity index (χ2v) is 8.90. The van der Waals surface area contributed by atoms with Crippen LogP contribution in [0.25, 0.3) is 10.1 Å². The maximum Gasteiger partial charge on any atom is 0.261 e. The predicted molar refractivity (Wildman–Crippen MR) is 104 cm³/mol. The molecule has 7 heteroatoms. The van der Waals surface area contributed by atoms with E-state index in [1.807, 2.05) is 17.4 Å². The van der Waals surface area contributed by atoms with Crippen molar-refractivity contribution in [3.8, 4) is 0 Å². The van der Waals surface area contributed by atoms with Gasteiger partial charge in [0.05, 0.1) is 6.26 Å². The predicted octanol–water partition coefficient (Wildman–Crippen LogP) is 4.29. The van der Waals surface area contributed by atoms with Crippen LogP contribution in [0.3, 0.4) is 0 Å². The third kappa shape index (κ3) is 4.59. The summed E-state index contributed by atoms with van der Waals surface area (Å²) in [5.74, 6) is 0.455. The van der Waals surface area contributed by atoms with Crippen molar-refractivity contribution < 1.29 is 13.0 Å². The number of hydrogen-bond acceptors (Lipinski definition) is 4. The van der Waals surface area contributed by atoms with Crippen molar-refractivity contribution in [2.45, 2.75) is 12.5 Å². The molecule has 2 heterocycles. The van der Waals surface area contributed by atoms with Crippen LogP contribution in [0.15, 0.2) is 48.5 Å². The van der Waals surface area contributed by atoms with Crippen molar-refractivity contribution in [2.24, 2.45) is 0 Å². The number of hydrogen-bond donors (Lipinski definition) is 2. The van der Waals surface area contributed by atoms with E-state index in [-0.39, 0.29) is 0 Å². The van der Waals surface area contributed by atoms with E-state index in [0.29, 0.717) is 12.2 Å². The highest BCUT2D eigenvalue weighted by Crippen LogP contribution is 2.41. The molecule has 0 spiro atoms. The first kappa shape index (κ1) is 18.4. The summed E-state index contributed by atoms with van der Waals surface area (Å²) in [5, 5.41) is 5.68. The minimum absolute atomic E-state index is 0.455. The molecule has 2 N–H and O–H groups in total. The van der Waals surface area contributed by atoms with Crippen LogP contribution in [0.2, 0.25) is 5.02 Å². The molecule has 25 heavy (non-hydrogen) atoms. The molecule has 0 bridgehead atoms. The zero-order valence-corrected chi connectivity index (χ0v) is 16.0. The second kappa shape index (κ2) is 7.43. The highest BCUT2D eigenvalue weighted by molar-refractivity contribution is 7.85. The Bertz CT molecular complexity index is 976. The lowest BCUT2D eigenvalue weighted by atomic mass is 9.91. The maximum atomic E-state index is 9.19. The van der Waals surface area contributed by atoms with Gasteiger partial charge in [-0.3, -0.25) is 4.55 Å². The molecule has 0 aliphatic carbocycles. The molecule has 0 amide bonds. The zero-order valence-electron chi connectivity index (χ0n) is 13.6. The van der Waals surface area contributed by atoms with Gasteiger partial charge in [-0.05, 0) is 34.7 Å². The molecule has 1 aliphatic heterocycles. The molecule has 4 rings (SSSR count). The Labute approximate surface area is 156 Å². The second-order valence-electron chi connectivity index (χ2n) is 5.91. The van der Waals surface area contributed by atoms with Crippen LogP contribution >= 0.6 is 22.9 Å². The summed E-state index contributed by atoms with van der Waals surface area (Å²) >= 11 is 8.07. The van der Waals surface area contributed by atoms with Crippen LogP contribution in [0.4, 0.5) is 0 Å². The van der Waals surface area contributed by atoms with Gasteiger partial charge in [0, 0.05) is 33.6 Å². The van der Waals surface area contributed by atoms with Crippen molar-refractivity contribution in [3.05, 3.63) is 69.6 Å². The van der Waals surface area contributed by atoms with E-state index in [1.54, 1.807) is 0 Å². The fourth-order valence-electron chi connectivity index (χ4n) is 2.99. The van der Waals surface area contributed by atoms with Crippen LogP contribution in [0, 0.1) is 0 Å². The third-order valence-electron chi connectivity index (χ3n) is 3.95.